The van der Waals surface area contributed by atoms with Gasteiger partial charge in [0.2, 0.25) is 0 Å². The van der Waals surface area contributed by atoms with Gasteiger partial charge in [0.1, 0.15) is 6.04 Å². The fourth-order valence-corrected chi connectivity index (χ4v) is 3.58. The van der Waals surface area contributed by atoms with Crippen LogP contribution in [0.25, 0.3) is 0 Å². The first kappa shape index (κ1) is 17.8. The zero-order valence-electron chi connectivity index (χ0n) is 15.5. The number of nitrogens with zero attached hydrogens (tertiary/aromatic N) is 1. The molecule has 1 N–H and O–H groups in total. The number of aromatic hydroxyl groups is 1. The van der Waals surface area contributed by atoms with Crippen LogP contribution in [0.3, 0.4) is 0 Å². The minimum atomic E-state index is -0.857. The summed E-state index contributed by atoms with van der Waals surface area (Å²) in [4.78, 5) is 28.1. The highest BCUT2D eigenvalue weighted by Crippen LogP contribution is 2.41. The second-order valence-corrected chi connectivity index (χ2v) is 6.72. The van der Waals surface area contributed by atoms with Crippen LogP contribution in [0.15, 0.2) is 66.7 Å². The van der Waals surface area contributed by atoms with E-state index in [1.54, 1.807) is 42.5 Å². The first-order valence-corrected chi connectivity index (χ1v) is 8.92. The van der Waals surface area contributed by atoms with Crippen molar-refractivity contribution in [2.75, 3.05) is 12.0 Å². The van der Waals surface area contributed by atoms with Gasteiger partial charge in [-0.25, -0.2) is 0 Å². The predicted octanol–water partition coefficient (Wildman–Crippen LogP) is 4.29. The van der Waals surface area contributed by atoms with Crippen LogP contribution in [0, 0.1) is 6.92 Å². The van der Waals surface area contributed by atoms with Gasteiger partial charge in [-0.05, 0) is 42.8 Å². The van der Waals surface area contributed by atoms with Crippen LogP contribution in [0.2, 0.25) is 0 Å². The van der Waals surface area contributed by atoms with Gasteiger partial charge in [0.25, 0.3) is 5.91 Å². The van der Waals surface area contributed by atoms with Gasteiger partial charge in [-0.1, -0.05) is 42.0 Å². The number of aryl methyl sites for hydroxylation is 1. The number of methoxy groups -OCH3 is 1. The molecule has 1 aliphatic heterocycles. The highest BCUT2D eigenvalue weighted by atomic mass is 16.5. The highest BCUT2D eigenvalue weighted by Gasteiger charge is 2.42. The molecule has 5 nitrogen and oxygen atoms in total. The maximum atomic E-state index is 13.5. The van der Waals surface area contributed by atoms with E-state index in [9.17, 15) is 14.7 Å². The molecule has 1 atom stereocenters. The Labute approximate surface area is 162 Å². The molecule has 0 bridgehead atoms. The van der Waals surface area contributed by atoms with Crippen LogP contribution >= 0.6 is 0 Å². The SMILES string of the molecule is COc1cccc(C(=O)C2c3ccccc3C(=O)N2c2ccc(C)cc2)c1O. The number of Topliss-reactive ketones (excluding diaryl/α,β-unsaturated/α-hetero) is 1. The van der Waals surface area contributed by atoms with E-state index in [2.05, 4.69) is 0 Å². The van der Waals surface area contributed by atoms with Gasteiger partial charge in [0.15, 0.2) is 17.3 Å². The average Bonchev–Trinajstić information content (AvgIpc) is 3.01. The lowest BCUT2D eigenvalue weighted by atomic mass is 9.95. The molecule has 0 aromatic heterocycles. The number of phenols is 1. The smallest absolute Gasteiger partial charge is 0.259 e. The third kappa shape index (κ3) is 2.72. The first-order chi connectivity index (χ1) is 13.5. The van der Waals surface area contributed by atoms with Gasteiger partial charge in [-0.15, -0.1) is 0 Å². The molecule has 1 unspecified atom stereocenters. The van der Waals surface area contributed by atoms with Crippen LogP contribution in [0.4, 0.5) is 5.69 Å². The molecule has 1 heterocycles. The van der Waals surface area contributed by atoms with Crippen molar-refractivity contribution < 1.29 is 19.4 Å². The molecular weight excluding hydrogens is 354 g/mol. The summed E-state index contributed by atoms with van der Waals surface area (Å²) in [5.41, 5.74) is 2.92. The molecule has 0 fully saturated rings. The molecule has 28 heavy (non-hydrogen) atoms. The number of para-hydroxylation sites is 1. The van der Waals surface area contributed by atoms with E-state index in [0.29, 0.717) is 16.8 Å². The van der Waals surface area contributed by atoms with E-state index in [-0.39, 0.29) is 28.8 Å². The summed E-state index contributed by atoms with van der Waals surface area (Å²) in [5.74, 6) is -0.614. The lowest BCUT2D eigenvalue weighted by molar-refractivity contribution is 0.0914. The van der Waals surface area contributed by atoms with E-state index < -0.39 is 6.04 Å². The molecule has 0 saturated carbocycles. The van der Waals surface area contributed by atoms with Gasteiger partial charge < -0.3 is 9.84 Å². The van der Waals surface area contributed by atoms with Crippen LogP contribution in [-0.4, -0.2) is 23.9 Å². The highest BCUT2D eigenvalue weighted by molar-refractivity contribution is 6.19. The lowest BCUT2D eigenvalue weighted by Crippen LogP contribution is -2.32. The summed E-state index contributed by atoms with van der Waals surface area (Å²) in [6.45, 7) is 1.96. The van der Waals surface area contributed by atoms with E-state index in [0.717, 1.165) is 5.56 Å². The molecule has 3 aromatic rings. The number of anilines is 1. The number of rotatable bonds is 4. The Balaban J connectivity index is 1.87. The number of carbonyl (C=O) groups excluding carboxylic acids is 2. The van der Waals surface area contributed by atoms with Crippen molar-refractivity contribution in [2.24, 2.45) is 0 Å². The normalized spacial score (nSPS) is 15.4. The van der Waals surface area contributed by atoms with E-state index in [1.165, 1.54) is 12.0 Å². The third-order valence-electron chi connectivity index (χ3n) is 5.01. The van der Waals surface area contributed by atoms with Crippen molar-refractivity contribution in [1.82, 2.24) is 0 Å². The largest absolute Gasteiger partial charge is 0.504 e. The minimum Gasteiger partial charge on any atom is -0.504 e. The Kier molecular flexibility index (Phi) is 4.35. The molecule has 0 aliphatic carbocycles. The zero-order chi connectivity index (χ0) is 19.8. The Morgan fingerprint density at radius 3 is 2.43 bits per heavy atom. The van der Waals surface area contributed by atoms with Crippen LogP contribution in [0.1, 0.15) is 37.9 Å². The van der Waals surface area contributed by atoms with Crippen LogP contribution in [-0.2, 0) is 0 Å². The summed E-state index contributed by atoms with van der Waals surface area (Å²) in [6.07, 6.45) is 0. The number of carbonyl (C=O) groups is 2. The minimum absolute atomic E-state index is 0.117. The van der Waals surface area contributed by atoms with E-state index in [4.69, 9.17) is 4.74 Å². The number of ether oxygens (including phenoxy) is 1. The lowest BCUT2D eigenvalue weighted by Gasteiger charge is -2.25. The number of benzene rings is 3. The van der Waals surface area contributed by atoms with Gasteiger partial charge in [0, 0.05) is 11.3 Å². The molecule has 0 radical (unpaired) electrons. The molecule has 140 valence electrons. The zero-order valence-corrected chi connectivity index (χ0v) is 15.5. The maximum Gasteiger partial charge on any atom is 0.259 e. The Morgan fingerprint density at radius 2 is 1.71 bits per heavy atom. The number of ketones is 1. The number of fused-ring (bicyclic) bond motifs is 1. The van der Waals surface area contributed by atoms with Gasteiger partial charge in [-0.2, -0.15) is 0 Å². The number of hydrogen-bond donors (Lipinski definition) is 1. The van der Waals surface area contributed by atoms with Gasteiger partial charge >= 0.3 is 0 Å². The topological polar surface area (TPSA) is 66.8 Å². The summed E-state index contributed by atoms with van der Waals surface area (Å²) >= 11 is 0. The molecule has 3 aromatic carbocycles. The molecule has 1 aliphatic rings. The van der Waals surface area contributed by atoms with Crippen molar-refractivity contribution in [2.45, 2.75) is 13.0 Å². The Morgan fingerprint density at radius 1 is 1.00 bits per heavy atom. The predicted molar refractivity (Wildman–Crippen MR) is 106 cm³/mol. The van der Waals surface area contributed by atoms with Crippen molar-refractivity contribution in [3.8, 4) is 11.5 Å². The van der Waals surface area contributed by atoms with E-state index in [1.807, 2.05) is 31.2 Å². The summed E-state index contributed by atoms with van der Waals surface area (Å²) in [6, 6.07) is 18.4. The molecular formula is C23H19NO4. The number of hydrogen-bond acceptors (Lipinski definition) is 4. The van der Waals surface area contributed by atoms with Crippen molar-refractivity contribution in [3.63, 3.8) is 0 Å². The maximum absolute atomic E-state index is 13.5. The molecule has 5 heteroatoms. The number of amides is 1. The molecule has 0 saturated heterocycles. The average molecular weight is 373 g/mol. The van der Waals surface area contributed by atoms with Crippen molar-refractivity contribution >= 4 is 17.4 Å². The summed E-state index contributed by atoms with van der Waals surface area (Å²) in [7, 11) is 1.43. The van der Waals surface area contributed by atoms with Gasteiger partial charge in [0.05, 0.1) is 12.7 Å². The van der Waals surface area contributed by atoms with Gasteiger partial charge in [-0.3, -0.25) is 14.5 Å². The summed E-state index contributed by atoms with van der Waals surface area (Å²) < 4.78 is 5.13. The standard InChI is InChI=1S/C23H19NO4/c1-14-10-12-15(13-11-14)24-20(16-6-3-4-7-17(16)23(24)27)22(26)18-8-5-9-19(28-2)21(18)25/h3-13,20,25H,1-2H3. The quantitative estimate of drug-likeness (QED) is 0.693. The molecule has 0 spiro atoms. The third-order valence-corrected chi connectivity index (χ3v) is 5.01. The van der Waals surface area contributed by atoms with Crippen molar-refractivity contribution in [3.05, 3.63) is 89.0 Å². The van der Waals surface area contributed by atoms with Crippen LogP contribution < -0.4 is 9.64 Å². The Bertz CT molecular complexity index is 1070. The van der Waals surface area contributed by atoms with E-state index >= 15 is 0 Å². The molecule has 1 amide bonds. The summed E-state index contributed by atoms with van der Waals surface area (Å²) in [5, 5.41) is 10.5. The molecule has 4 rings (SSSR count). The number of phenolic OH excluding ortho intramolecular Hbond substituents is 1. The second-order valence-electron chi connectivity index (χ2n) is 6.72. The second kappa shape index (κ2) is 6.85. The fraction of sp³-hybridized carbons (Fsp3) is 0.130. The van der Waals surface area contributed by atoms with Crippen LogP contribution in [0.5, 0.6) is 11.5 Å². The van der Waals surface area contributed by atoms with Crippen molar-refractivity contribution in [1.29, 1.82) is 0 Å². The fourth-order valence-electron chi connectivity index (χ4n) is 3.58. The monoisotopic (exact) mass is 373 g/mol. The Hall–Kier alpha value is -3.60. The first-order valence-electron chi connectivity index (χ1n) is 8.92.